The molecule has 31 heavy (non-hydrogen) atoms. The topological polar surface area (TPSA) is 173 Å². The van der Waals surface area contributed by atoms with Crippen LogP contribution in [0.1, 0.15) is 11.7 Å². The van der Waals surface area contributed by atoms with Crippen molar-refractivity contribution >= 4 is 38.5 Å². The van der Waals surface area contributed by atoms with Crippen molar-refractivity contribution in [1.29, 1.82) is 0 Å². The van der Waals surface area contributed by atoms with Crippen molar-refractivity contribution in [1.82, 2.24) is 4.90 Å². The molecule has 1 atom stereocenters. The maximum atomic E-state index is 10.4. The van der Waals surface area contributed by atoms with Crippen LogP contribution in [-0.2, 0) is 0 Å². The lowest BCUT2D eigenvalue weighted by Gasteiger charge is -2.15. The van der Waals surface area contributed by atoms with Gasteiger partial charge >= 0.3 is 11.4 Å². The number of benzene rings is 2. The van der Waals surface area contributed by atoms with Gasteiger partial charge in [-0.2, -0.15) is 0 Å². The summed E-state index contributed by atoms with van der Waals surface area (Å²) < 4.78 is 1.24. The monoisotopic (exact) mass is 450 g/mol. The van der Waals surface area contributed by atoms with Gasteiger partial charge in [-0.1, -0.05) is 18.2 Å². The summed E-state index contributed by atoms with van der Waals surface area (Å²) in [6, 6.07) is 9.10. The van der Waals surface area contributed by atoms with E-state index in [-0.39, 0.29) is 0 Å². The minimum atomic E-state index is -1.21. The van der Waals surface area contributed by atoms with Gasteiger partial charge in [-0.15, -0.1) is 11.3 Å². The molecule has 1 aromatic heterocycles. The van der Waals surface area contributed by atoms with Gasteiger partial charge in [0.15, 0.2) is 0 Å². The van der Waals surface area contributed by atoms with Crippen LogP contribution in [0.25, 0.3) is 10.1 Å². The summed E-state index contributed by atoms with van der Waals surface area (Å²) in [4.78, 5) is 29.8. The number of hydrogen-bond donors (Lipinski definition) is 2. The van der Waals surface area contributed by atoms with Crippen LogP contribution in [0.15, 0.2) is 41.8 Å². The average Bonchev–Trinajstić information content (AvgIpc) is 3.11. The van der Waals surface area contributed by atoms with E-state index in [2.05, 4.69) is 17.5 Å². The molecule has 0 radical (unpaired) electrons. The standard InChI is InChI=1S/C12H15NOS.C6H3N3O7/c1-13(2)7-11(14)10-8-15-12-6-4-3-5-9(10)12;10-6-4(8(13)14)1-3(7(11)12)2-5(6)9(15)16/h3-6,8,11,14H,7H2,1-2H3;1-2,10H. The van der Waals surface area contributed by atoms with Gasteiger partial charge in [0.1, 0.15) is 0 Å². The Kier molecular flexibility index (Phi) is 7.52. The molecule has 1 unspecified atom stereocenters. The van der Waals surface area contributed by atoms with E-state index < -0.39 is 43.7 Å². The molecule has 164 valence electrons. The van der Waals surface area contributed by atoms with Crippen molar-refractivity contribution in [3.05, 3.63) is 77.7 Å². The number of aromatic hydroxyl groups is 1. The van der Waals surface area contributed by atoms with Gasteiger partial charge in [-0.25, -0.2) is 0 Å². The molecule has 0 aliphatic heterocycles. The van der Waals surface area contributed by atoms with Crippen molar-refractivity contribution in [3.63, 3.8) is 0 Å². The number of non-ortho nitro benzene ring substituents is 1. The number of nitro groups is 3. The molecule has 1 heterocycles. The van der Waals surface area contributed by atoms with Gasteiger partial charge in [0.05, 0.1) is 33.0 Å². The van der Waals surface area contributed by atoms with E-state index in [9.17, 15) is 35.4 Å². The largest absolute Gasteiger partial charge is 0.497 e. The van der Waals surface area contributed by atoms with Crippen LogP contribution in [0.4, 0.5) is 17.1 Å². The molecule has 0 spiro atoms. The third-order valence-electron chi connectivity index (χ3n) is 4.07. The molecule has 0 aliphatic carbocycles. The minimum absolute atomic E-state index is 0.392. The highest BCUT2D eigenvalue weighted by molar-refractivity contribution is 7.17. The fourth-order valence-electron chi connectivity index (χ4n) is 2.67. The molecule has 0 saturated heterocycles. The zero-order valence-electron chi connectivity index (χ0n) is 16.4. The number of thiophene rings is 1. The van der Waals surface area contributed by atoms with Gasteiger partial charge in [0.2, 0.25) is 0 Å². The number of nitro benzene ring substituents is 3. The summed E-state index contributed by atoms with van der Waals surface area (Å²) in [5, 5.41) is 53.5. The van der Waals surface area contributed by atoms with Crippen LogP contribution >= 0.6 is 11.3 Å². The fraction of sp³-hybridized carbons (Fsp3) is 0.222. The smallest absolute Gasteiger partial charge is 0.324 e. The Hall–Kier alpha value is -3.68. The zero-order chi connectivity index (χ0) is 23.3. The zero-order valence-corrected chi connectivity index (χ0v) is 17.2. The molecule has 0 aliphatic rings. The van der Waals surface area contributed by atoms with E-state index in [4.69, 9.17) is 5.11 Å². The maximum absolute atomic E-state index is 10.4. The number of nitrogens with zero attached hydrogens (tertiary/aromatic N) is 4. The predicted molar refractivity (Wildman–Crippen MR) is 113 cm³/mol. The quantitative estimate of drug-likeness (QED) is 0.420. The Balaban J connectivity index is 0.000000220. The van der Waals surface area contributed by atoms with Crippen molar-refractivity contribution in [2.24, 2.45) is 0 Å². The predicted octanol–water partition coefficient (Wildman–Crippen LogP) is 3.61. The molecular weight excluding hydrogens is 432 g/mol. The highest BCUT2D eigenvalue weighted by Crippen LogP contribution is 2.39. The molecule has 0 fully saturated rings. The van der Waals surface area contributed by atoms with Crippen LogP contribution in [0.3, 0.4) is 0 Å². The molecule has 13 heteroatoms. The lowest BCUT2D eigenvalue weighted by atomic mass is 10.1. The van der Waals surface area contributed by atoms with Crippen LogP contribution in [0, 0.1) is 30.3 Å². The Morgan fingerprint density at radius 1 is 1.00 bits per heavy atom. The molecule has 2 N–H and O–H groups in total. The van der Waals surface area contributed by atoms with Gasteiger partial charge in [-0.05, 0) is 30.9 Å². The second-order valence-electron chi connectivity index (χ2n) is 6.57. The van der Waals surface area contributed by atoms with Crippen molar-refractivity contribution < 1.29 is 25.0 Å². The van der Waals surface area contributed by atoms with Crippen LogP contribution in [-0.4, -0.2) is 50.5 Å². The summed E-state index contributed by atoms with van der Waals surface area (Å²) in [5.41, 5.74) is -1.96. The SMILES string of the molecule is CN(C)CC(O)c1csc2ccccc12.O=[N+]([O-])c1cc([N+](=O)[O-])c(O)c([N+](=O)[O-])c1. The Morgan fingerprint density at radius 3 is 2.03 bits per heavy atom. The second kappa shape index (κ2) is 9.88. The summed E-state index contributed by atoms with van der Waals surface area (Å²) in [5.74, 6) is -1.21. The number of likely N-dealkylation sites (N-methyl/N-ethyl adjacent to an activating group) is 1. The van der Waals surface area contributed by atoms with Crippen molar-refractivity contribution in [2.45, 2.75) is 6.10 Å². The van der Waals surface area contributed by atoms with E-state index in [1.54, 1.807) is 11.3 Å². The minimum Gasteiger partial charge on any atom is -0.497 e. The molecule has 3 aromatic rings. The number of aliphatic hydroxyl groups is 1. The lowest BCUT2D eigenvalue weighted by Crippen LogP contribution is -2.19. The Bertz CT molecular complexity index is 1100. The van der Waals surface area contributed by atoms with Crippen LogP contribution < -0.4 is 0 Å². The number of hydrogen-bond acceptors (Lipinski definition) is 10. The second-order valence-corrected chi connectivity index (χ2v) is 7.48. The Labute approximate surface area is 179 Å². The number of phenolic OH excluding ortho intramolecular Hbond substituents is 1. The summed E-state index contributed by atoms with van der Waals surface area (Å²) in [6.45, 7) is 0.667. The molecule has 0 saturated carbocycles. The van der Waals surface area contributed by atoms with Crippen LogP contribution in [0.5, 0.6) is 5.75 Å². The molecule has 0 bridgehead atoms. The third-order valence-corrected chi connectivity index (χ3v) is 5.05. The lowest BCUT2D eigenvalue weighted by molar-refractivity contribution is -0.404. The summed E-state index contributed by atoms with van der Waals surface area (Å²) in [7, 11) is 3.94. The van der Waals surface area contributed by atoms with E-state index in [0.717, 1.165) is 5.56 Å². The van der Waals surface area contributed by atoms with Crippen molar-refractivity contribution in [3.8, 4) is 5.75 Å². The van der Waals surface area contributed by atoms with Gasteiger partial charge in [0.25, 0.3) is 11.4 Å². The van der Waals surface area contributed by atoms with Gasteiger partial charge in [-0.3, -0.25) is 30.3 Å². The number of phenols is 1. The van der Waals surface area contributed by atoms with E-state index in [1.807, 2.05) is 31.1 Å². The Morgan fingerprint density at radius 2 is 1.55 bits per heavy atom. The number of aliphatic hydroxyl groups excluding tert-OH is 1. The first-order valence-electron chi connectivity index (χ1n) is 8.62. The first kappa shape index (κ1) is 23.6. The van der Waals surface area contributed by atoms with Crippen LogP contribution in [0.2, 0.25) is 0 Å². The summed E-state index contributed by atoms with van der Waals surface area (Å²) in [6.07, 6.45) is -0.392. The first-order chi connectivity index (χ1) is 14.5. The van der Waals surface area contributed by atoms with Gasteiger partial charge in [0, 0.05) is 16.8 Å². The number of rotatable bonds is 6. The molecular formula is C18H18N4O8S. The average molecular weight is 450 g/mol. The molecule has 12 nitrogen and oxygen atoms in total. The third kappa shape index (κ3) is 5.69. The maximum Gasteiger partial charge on any atom is 0.324 e. The number of fused-ring (bicyclic) bond motifs is 1. The fourth-order valence-corrected chi connectivity index (χ4v) is 3.68. The van der Waals surface area contributed by atoms with E-state index in [1.165, 1.54) is 10.1 Å². The first-order valence-corrected chi connectivity index (χ1v) is 9.50. The summed E-state index contributed by atoms with van der Waals surface area (Å²) >= 11 is 1.69. The molecule has 3 rings (SSSR count). The van der Waals surface area contributed by atoms with E-state index in [0.29, 0.717) is 18.7 Å². The highest BCUT2D eigenvalue weighted by atomic mass is 32.1. The molecule has 0 amide bonds. The molecule has 2 aromatic carbocycles. The van der Waals surface area contributed by atoms with Crippen molar-refractivity contribution in [2.75, 3.05) is 20.6 Å². The normalized spacial score (nSPS) is 11.6. The van der Waals surface area contributed by atoms with E-state index >= 15 is 0 Å². The highest BCUT2D eigenvalue weighted by Gasteiger charge is 2.30. The van der Waals surface area contributed by atoms with Gasteiger partial charge < -0.3 is 15.1 Å².